The number of carbonyl (C=O) groups is 2. The zero-order valence-electron chi connectivity index (χ0n) is 8.54. The van der Waals surface area contributed by atoms with Gasteiger partial charge in [-0.25, -0.2) is 4.39 Å². The van der Waals surface area contributed by atoms with Crippen molar-refractivity contribution < 1.29 is 18.7 Å². The van der Waals surface area contributed by atoms with Gasteiger partial charge in [-0.05, 0) is 26.0 Å². The second-order valence-corrected chi connectivity index (χ2v) is 2.95. The Morgan fingerprint density at radius 2 is 2.20 bits per heavy atom. The Hall–Kier alpha value is -1.71. The standard InChI is InChI=1S/C11H11FO3/c1-3-15-9-5-4-8(6-13)10(7(2)14)11(9)12/h4-6H,3H2,1-2H3. The van der Waals surface area contributed by atoms with Crippen molar-refractivity contribution in [2.24, 2.45) is 0 Å². The number of benzene rings is 1. The van der Waals surface area contributed by atoms with Gasteiger partial charge < -0.3 is 4.74 Å². The van der Waals surface area contributed by atoms with Crippen LogP contribution in [-0.4, -0.2) is 18.7 Å². The molecule has 0 heterocycles. The van der Waals surface area contributed by atoms with Gasteiger partial charge in [0.1, 0.15) is 0 Å². The average molecular weight is 210 g/mol. The van der Waals surface area contributed by atoms with Crippen LogP contribution in [0.3, 0.4) is 0 Å². The molecule has 0 saturated heterocycles. The van der Waals surface area contributed by atoms with E-state index in [2.05, 4.69) is 0 Å². The Balaban J connectivity index is 3.35. The van der Waals surface area contributed by atoms with E-state index in [1.54, 1.807) is 6.92 Å². The van der Waals surface area contributed by atoms with E-state index in [1.807, 2.05) is 0 Å². The Morgan fingerprint density at radius 1 is 1.53 bits per heavy atom. The van der Waals surface area contributed by atoms with Gasteiger partial charge >= 0.3 is 0 Å². The first-order valence-electron chi connectivity index (χ1n) is 4.53. The quantitative estimate of drug-likeness (QED) is 0.565. The predicted octanol–water partition coefficient (Wildman–Crippen LogP) is 2.24. The number of ether oxygens (including phenoxy) is 1. The third-order valence-electron chi connectivity index (χ3n) is 1.92. The molecule has 1 rings (SSSR count). The number of rotatable bonds is 4. The zero-order chi connectivity index (χ0) is 11.4. The van der Waals surface area contributed by atoms with Crippen molar-refractivity contribution in [1.82, 2.24) is 0 Å². The molecule has 1 aromatic rings. The highest BCUT2D eigenvalue weighted by atomic mass is 19.1. The number of ketones is 1. The summed E-state index contributed by atoms with van der Waals surface area (Å²) in [5, 5.41) is 0. The summed E-state index contributed by atoms with van der Waals surface area (Å²) in [6, 6.07) is 2.72. The zero-order valence-corrected chi connectivity index (χ0v) is 8.54. The monoisotopic (exact) mass is 210 g/mol. The van der Waals surface area contributed by atoms with Crippen molar-refractivity contribution in [1.29, 1.82) is 0 Å². The van der Waals surface area contributed by atoms with E-state index in [0.29, 0.717) is 12.9 Å². The molecule has 0 fully saturated rings. The third-order valence-corrected chi connectivity index (χ3v) is 1.92. The minimum absolute atomic E-state index is 0.00620. The Bertz CT molecular complexity index is 399. The lowest BCUT2D eigenvalue weighted by molar-refractivity contribution is 0.1000. The number of carbonyl (C=O) groups excluding carboxylic acids is 2. The molecule has 4 heteroatoms. The number of halogens is 1. The lowest BCUT2D eigenvalue weighted by Crippen LogP contribution is -2.06. The lowest BCUT2D eigenvalue weighted by Gasteiger charge is -2.08. The molecule has 1 aromatic carbocycles. The normalized spacial score (nSPS) is 9.80. The maximum Gasteiger partial charge on any atom is 0.176 e. The first-order valence-corrected chi connectivity index (χ1v) is 4.53. The summed E-state index contributed by atoms with van der Waals surface area (Å²) in [4.78, 5) is 21.7. The first kappa shape index (κ1) is 11.4. The molecule has 0 aliphatic heterocycles. The highest BCUT2D eigenvalue weighted by Crippen LogP contribution is 2.23. The maximum atomic E-state index is 13.7. The molecule has 0 saturated carbocycles. The topological polar surface area (TPSA) is 43.4 Å². The molecular formula is C11H11FO3. The summed E-state index contributed by atoms with van der Waals surface area (Å²) in [6.45, 7) is 3.22. The maximum absolute atomic E-state index is 13.7. The molecule has 0 spiro atoms. The van der Waals surface area contributed by atoms with Crippen LogP contribution < -0.4 is 4.74 Å². The van der Waals surface area contributed by atoms with Crippen LogP contribution in [0.2, 0.25) is 0 Å². The Morgan fingerprint density at radius 3 is 2.67 bits per heavy atom. The minimum Gasteiger partial charge on any atom is -0.491 e. The van der Waals surface area contributed by atoms with Crippen molar-refractivity contribution in [3.8, 4) is 5.75 Å². The van der Waals surface area contributed by atoms with Crippen LogP contribution in [0, 0.1) is 5.82 Å². The molecule has 0 atom stereocenters. The lowest BCUT2D eigenvalue weighted by atomic mass is 10.0. The van der Waals surface area contributed by atoms with Crippen LogP contribution in [-0.2, 0) is 0 Å². The smallest absolute Gasteiger partial charge is 0.176 e. The van der Waals surface area contributed by atoms with Crippen LogP contribution in [0.15, 0.2) is 12.1 Å². The van der Waals surface area contributed by atoms with Crippen molar-refractivity contribution in [2.75, 3.05) is 6.61 Å². The van der Waals surface area contributed by atoms with Crippen molar-refractivity contribution in [3.05, 3.63) is 29.1 Å². The van der Waals surface area contributed by atoms with E-state index in [0.717, 1.165) is 0 Å². The van der Waals surface area contributed by atoms with E-state index in [1.165, 1.54) is 19.1 Å². The number of hydrogen-bond acceptors (Lipinski definition) is 3. The molecule has 0 radical (unpaired) electrons. The van der Waals surface area contributed by atoms with Crippen LogP contribution in [0.5, 0.6) is 5.75 Å². The average Bonchev–Trinajstić information content (AvgIpc) is 2.20. The summed E-state index contributed by atoms with van der Waals surface area (Å²) in [7, 11) is 0. The fourth-order valence-corrected chi connectivity index (χ4v) is 1.29. The highest BCUT2D eigenvalue weighted by Gasteiger charge is 2.17. The van der Waals surface area contributed by atoms with Gasteiger partial charge in [-0.1, -0.05) is 0 Å². The van der Waals surface area contributed by atoms with Crippen LogP contribution in [0.1, 0.15) is 34.6 Å². The molecule has 0 unspecified atom stereocenters. The van der Waals surface area contributed by atoms with Gasteiger partial charge in [-0.15, -0.1) is 0 Å². The van der Waals surface area contributed by atoms with Crippen molar-refractivity contribution in [2.45, 2.75) is 13.8 Å². The molecular weight excluding hydrogens is 199 g/mol. The summed E-state index contributed by atoms with van der Waals surface area (Å²) >= 11 is 0. The molecule has 0 aliphatic rings. The molecule has 0 aliphatic carbocycles. The van der Waals surface area contributed by atoms with E-state index >= 15 is 0 Å². The van der Waals surface area contributed by atoms with Gasteiger partial charge in [-0.3, -0.25) is 9.59 Å². The van der Waals surface area contributed by atoms with Crippen LogP contribution >= 0.6 is 0 Å². The molecule has 3 nitrogen and oxygen atoms in total. The number of aldehydes is 1. The fourth-order valence-electron chi connectivity index (χ4n) is 1.29. The summed E-state index contributed by atoms with van der Waals surface area (Å²) < 4.78 is 18.6. The molecule has 0 amide bonds. The SMILES string of the molecule is CCOc1ccc(C=O)c(C(C)=O)c1F. The largest absolute Gasteiger partial charge is 0.491 e. The van der Waals surface area contributed by atoms with E-state index < -0.39 is 11.6 Å². The number of Topliss-reactive ketones (excluding diaryl/α,β-unsaturated/α-hetero) is 1. The second-order valence-electron chi connectivity index (χ2n) is 2.95. The van der Waals surface area contributed by atoms with E-state index in [4.69, 9.17) is 4.74 Å². The minimum atomic E-state index is -0.769. The Labute approximate surface area is 86.9 Å². The van der Waals surface area contributed by atoms with Gasteiger partial charge in [0.05, 0.1) is 12.2 Å². The summed E-state index contributed by atoms with van der Waals surface area (Å²) in [6.07, 6.45) is 0.454. The molecule has 0 bridgehead atoms. The third kappa shape index (κ3) is 2.21. The number of hydrogen-bond donors (Lipinski definition) is 0. The summed E-state index contributed by atoms with van der Waals surface area (Å²) in [5.74, 6) is -1.27. The summed E-state index contributed by atoms with van der Waals surface area (Å²) in [5.41, 5.74) is -0.167. The van der Waals surface area contributed by atoms with Crippen molar-refractivity contribution >= 4 is 12.1 Å². The first-order chi connectivity index (χ1) is 7.11. The van der Waals surface area contributed by atoms with Gasteiger partial charge in [0, 0.05) is 5.56 Å². The molecule has 0 aromatic heterocycles. The van der Waals surface area contributed by atoms with Gasteiger partial charge in [0.2, 0.25) is 0 Å². The molecule has 0 N–H and O–H groups in total. The Kier molecular flexibility index (Phi) is 3.55. The van der Waals surface area contributed by atoms with Gasteiger partial charge in [-0.2, -0.15) is 0 Å². The van der Waals surface area contributed by atoms with Crippen LogP contribution in [0.4, 0.5) is 4.39 Å². The van der Waals surface area contributed by atoms with E-state index in [9.17, 15) is 14.0 Å². The fraction of sp³-hybridized carbons (Fsp3) is 0.273. The van der Waals surface area contributed by atoms with Gasteiger partial charge in [0.25, 0.3) is 0 Å². The highest BCUT2D eigenvalue weighted by molar-refractivity contribution is 6.02. The van der Waals surface area contributed by atoms with Crippen molar-refractivity contribution in [3.63, 3.8) is 0 Å². The predicted molar refractivity (Wildman–Crippen MR) is 53.0 cm³/mol. The second kappa shape index (κ2) is 4.68. The molecule has 15 heavy (non-hydrogen) atoms. The van der Waals surface area contributed by atoms with Crippen LogP contribution in [0.25, 0.3) is 0 Å². The van der Waals surface area contributed by atoms with E-state index in [-0.39, 0.29) is 16.9 Å². The van der Waals surface area contributed by atoms with Gasteiger partial charge in [0.15, 0.2) is 23.6 Å². The molecule has 80 valence electrons.